The summed E-state index contributed by atoms with van der Waals surface area (Å²) in [5.74, 6) is -0.250. The van der Waals surface area contributed by atoms with Crippen LogP contribution in [0.5, 0.6) is 0 Å². The summed E-state index contributed by atoms with van der Waals surface area (Å²) in [5.41, 5.74) is 1.35. The number of anilines is 2. The molecule has 0 aliphatic carbocycles. The first-order chi connectivity index (χ1) is 7.25. The van der Waals surface area contributed by atoms with E-state index < -0.39 is 0 Å². The van der Waals surface area contributed by atoms with Crippen LogP contribution in [0, 0.1) is 5.82 Å². The first-order valence-electron chi connectivity index (χ1n) is 4.53. The predicted octanol–water partition coefficient (Wildman–Crippen LogP) is 4.33. The summed E-state index contributed by atoms with van der Waals surface area (Å²) in [4.78, 5) is 0. The molecule has 0 amide bonds. The normalized spacial score (nSPS) is 10.0. The van der Waals surface area contributed by atoms with Crippen molar-refractivity contribution in [1.82, 2.24) is 0 Å². The minimum atomic E-state index is -0.250. The highest BCUT2D eigenvalue weighted by Gasteiger charge is 1.99. The number of benzene rings is 2. The molecule has 0 saturated carbocycles. The maximum absolute atomic E-state index is 13.3. The summed E-state index contributed by atoms with van der Waals surface area (Å²) in [6, 6.07) is 14.2. The molecule has 0 aromatic heterocycles. The van der Waals surface area contributed by atoms with Crippen LogP contribution >= 0.6 is 15.9 Å². The van der Waals surface area contributed by atoms with E-state index in [1.54, 1.807) is 18.2 Å². The second-order valence-corrected chi connectivity index (χ2v) is 4.03. The van der Waals surface area contributed by atoms with E-state index >= 15 is 0 Å². The molecule has 3 heteroatoms. The van der Waals surface area contributed by atoms with Gasteiger partial charge in [-0.3, -0.25) is 0 Å². The van der Waals surface area contributed by atoms with Crippen molar-refractivity contribution in [3.63, 3.8) is 0 Å². The van der Waals surface area contributed by atoms with Crippen molar-refractivity contribution in [1.29, 1.82) is 0 Å². The fraction of sp³-hybridized carbons (Fsp3) is 0. The Labute approximate surface area is 96.1 Å². The molecule has 0 fully saturated rings. The van der Waals surface area contributed by atoms with Crippen LogP contribution in [0.1, 0.15) is 0 Å². The molecule has 0 aliphatic heterocycles. The standard InChI is InChI=1S/C12H9BrFN/c13-9-5-7-10(8-6-9)15-12-4-2-1-3-11(12)14/h1-8,15H. The Balaban J connectivity index is 2.22. The van der Waals surface area contributed by atoms with Gasteiger partial charge < -0.3 is 5.32 Å². The first-order valence-corrected chi connectivity index (χ1v) is 5.32. The minimum Gasteiger partial charge on any atom is -0.353 e. The van der Waals surface area contributed by atoms with Crippen molar-refractivity contribution in [3.05, 3.63) is 58.8 Å². The van der Waals surface area contributed by atoms with Crippen LogP contribution in [-0.2, 0) is 0 Å². The number of halogens is 2. The lowest BCUT2D eigenvalue weighted by molar-refractivity contribution is 0.632. The van der Waals surface area contributed by atoms with Crippen LogP contribution in [0.3, 0.4) is 0 Å². The summed E-state index contributed by atoms with van der Waals surface area (Å²) < 4.78 is 14.3. The molecule has 0 aliphatic rings. The molecule has 1 N–H and O–H groups in total. The zero-order chi connectivity index (χ0) is 10.7. The van der Waals surface area contributed by atoms with E-state index in [1.165, 1.54) is 6.07 Å². The van der Waals surface area contributed by atoms with Crippen molar-refractivity contribution in [2.45, 2.75) is 0 Å². The van der Waals surface area contributed by atoms with Gasteiger partial charge in [-0.05, 0) is 36.4 Å². The maximum Gasteiger partial charge on any atom is 0.146 e. The van der Waals surface area contributed by atoms with E-state index in [-0.39, 0.29) is 5.82 Å². The molecule has 0 atom stereocenters. The van der Waals surface area contributed by atoms with E-state index in [1.807, 2.05) is 24.3 Å². The average molecular weight is 266 g/mol. The van der Waals surface area contributed by atoms with Crippen molar-refractivity contribution in [2.75, 3.05) is 5.32 Å². The van der Waals surface area contributed by atoms with Gasteiger partial charge in [0.15, 0.2) is 0 Å². The van der Waals surface area contributed by atoms with Gasteiger partial charge in [-0.1, -0.05) is 28.1 Å². The number of hydrogen-bond donors (Lipinski definition) is 1. The summed E-state index contributed by atoms with van der Waals surface area (Å²) in [7, 11) is 0. The van der Waals surface area contributed by atoms with Crippen molar-refractivity contribution < 1.29 is 4.39 Å². The van der Waals surface area contributed by atoms with E-state index in [0.29, 0.717) is 5.69 Å². The number of para-hydroxylation sites is 1. The van der Waals surface area contributed by atoms with Gasteiger partial charge in [0, 0.05) is 10.2 Å². The fourth-order valence-corrected chi connectivity index (χ4v) is 1.52. The molecule has 2 aromatic rings. The quantitative estimate of drug-likeness (QED) is 0.852. The van der Waals surface area contributed by atoms with E-state index in [2.05, 4.69) is 21.2 Å². The molecule has 0 radical (unpaired) electrons. The number of rotatable bonds is 2. The Hall–Kier alpha value is -1.35. The van der Waals surface area contributed by atoms with Crippen LogP contribution in [-0.4, -0.2) is 0 Å². The van der Waals surface area contributed by atoms with E-state index in [0.717, 1.165) is 10.2 Å². The van der Waals surface area contributed by atoms with Crippen molar-refractivity contribution in [3.8, 4) is 0 Å². The highest BCUT2D eigenvalue weighted by atomic mass is 79.9. The van der Waals surface area contributed by atoms with E-state index in [9.17, 15) is 4.39 Å². The molecule has 2 rings (SSSR count). The molecular weight excluding hydrogens is 257 g/mol. The Morgan fingerprint density at radius 1 is 0.933 bits per heavy atom. The van der Waals surface area contributed by atoms with Crippen molar-refractivity contribution >= 4 is 27.3 Å². The van der Waals surface area contributed by atoms with Gasteiger partial charge in [0.05, 0.1) is 5.69 Å². The van der Waals surface area contributed by atoms with Gasteiger partial charge in [0.1, 0.15) is 5.82 Å². The van der Waals surface area contributed by atoms with Gasteiger partial charge in [-0.15, -0.1) is 0 Å². The van der Waals surface area contributed by atoms with Crippen LogP contribution in [0.25, 0.3) is 0 Å². The van der Waals surface area contributed by atoms with Gasteiger partial charge in [-0.2, -0.15) is 0 Å². The van der Waals surface area contributed by atoms with Crippen molar-refractivity contribution in [2.24, 2.45) is 0 Å². The Morgan fingerprint density at radius 3 is 2.27 bits per heavy atom. The number of hydrogen-bond acceptors (Lipinski definition) is 1. The molecule has 15 heavy (non-hydrogen) atoms. The van der Waals surface area contributed by atoms with Gasteiger partial charge in [0.2, 0.25) is 0 Å². The Bertz CT molecular complexity index is 453. The third-order valence-electron chi connectivity index (χ3n) is 2.00. The van der Waals surface area contributed by atoms with Gasteiger partial charge >= 0.3 is 0 Å². The van der Waals surface area contributed by atoms with Crippen LogP contribution < -0.4 is 5.32 Å². The third kappa shape index (κ3) is 2.57. The van der Waals surface area contributed by atoms with Crippen LogP contribution in [0.4, 0.5) is 15.8 Å². The molecule has 0 unspecified atom stereocenters. The van der Waals surface area contributed by atoms with Crippen LogP contribution in [0.15, 0.2) is 53.0 Å². The zero-order valence-corrected chi connectivity index (χ0v) is 9.46. The Morgan fingerprint density at radius 2 is 1.60 bits per heavy atom. The molecule has 2 aromatic carbocycles. The summed E-state index contributed by atoms with van der Waals surface area (Å²) >= 11 is 3.34. The molecule has 76 valence electrons. The largest absolute Gasteiger partial charge is 0.353 e. The summed E-state index contributed by atoms with van der Waals surface area (Å²) in [6.45, 7) is 0. The monoisotopic (exact) mass is 265 g/mol. The summed E-state index contributed by atoms with van der Waals surface area (Å²) in [6.07, 6.45) is 0. The third-order valence-corrected chi connectivity index (χ3v) is 2.53. The lowest BCUT2D eigenvalue weighted by Crippen LogP contribution is -1.92. The van der Waals surface area contributed by atoms with Gasteiger partial charge in [-0.25, -0.2) is 4.39 Å². The molecule has 0 bridgehead atoms. The molecule has 0 heterocycles. The second-order valence-electron chi connectivity index (χ2n) is 3.11. The number of nitrogens with one attached hydrogen (secondary N) is 1. The predicted molar refractivity (Wildman–Crippen MR) is 63.8 cm³/mol. The Kier molecular flexibility index (Phi) is 3.02. The second kappa shape index (κ2) is 4.45. The smallest absolute Gasteiger partial charge is 0.146 e. The molecule has 0 spiro atoms. The highest BCUT2D eigenvalue weighted by Crippen LogP contribution is 2.21. The molecule has 0 saturated heterocycles. The van der Waals surface area contributed by atoms with Gasteiger partial charge in [0.25, 0.3) is 0 Å². The highest BCUT2D eigenvalue weighted by molar-refractivity contribution is 9.10. The first kappa shape index (κ1) is 10.2. The van der Waals surface area contributed by atoms with E-state index in [4.69, 9.17) is 0 Å². The zero-order valence-electron chi connectivity index (χ0n) is 7.87. The van der Waals surface area contributed by atoms with Crippen LogP contribution in [0.2, 0.25) is 0 Å². The molecule has 1 nitrogen and oxygen atoms in total. The fourth-order valence-electron chi connectivity index (χ4n) is 1.25. The minimum absolute atomic E-state index is 0.250. The average Bonchev–Trinajstić information content (AvgIpc) is 2.25. The lowest BCUT2D eigenvalue weighted by Gasteiger charge is -2.06. The lowest BCUT2D eigenvalue weighted by atomic mass is 10.2. The maximum atomic E-state index is 13.3. The topological polar surface area (TPSA) is 12.0 Å². The SMILES string of the molecule is Fc1ccccc1Nc1ccc(Br)cc1. The molecular formula is C12H9BrFN. The summed E-state index contributed by atoms with van der Waals surface area (Å²) in [5, 5.41) is 3.00.